The molecule has 0 aliphatic carbocycles. The highest BCUT2D eigenvalue weighted by atomic mass is 16.5. The highest BCUT2D eigenvalue weighted by molar-refractivity contribution is 5.69. The first-order chi connectivity index (χ1) is 17.8. The van der Waals surface area contributed by atoms with Crippen LogP contribution in [0.15, 0.2) is 0 Å². The van der Waals surface area contributed by atoms with Gasteiger partial charge in [0.25, 0.3) is 0 Å². The molecule has 0 unspecified atom stereocenters. The molecule has 0 amide bonds. The van der Waals surface area contributed by atoms with Gasteiger partial charge in [-0.2, -0.15) is 0 Å². The van der Waals surface area contributed by atoms with Crippen LogP contribution in [-0.2, 0) is 23.7 Å². The van der Waals surface area contributed by atoms with Crippen molar-refractivity contribution < 1.29 is 23.7 Å². The third-order valence-corrected chi connectivity index (χ3v) is 6.57. The van der Waals surface area contributed by atoms with Crippen molar-refractivity contribution in [3.05, 3.63) is 0 Å². The number of esters is 1. The summed E-state index contributed by atoms with van der Waals surface area (Å²) in [4.78, 5) is 11.8. The predicted molar refractivity (Wildman–Crippen MR) is 152 cm³/mol. The molecule has 0 heterocycles. The lowest BCUT2D eigenvalue weighted by molar-refractivity contribution is -0.144. The highest BCUT2D eigenvalue weighted by Crippen LogP contribution is 2.11. The van der Waals surface area contributed by atoms with Gasteiger partial charge in [-0.3, -0.25) is 4.79 Å². The number of rotatable bonds is 31. The van der Waals surface area contributed by atoms with E-state index in [-0.39, 0.29) is 5.97 Å². The molecule has 5 nitrogen and oxygen atoms in total. The standard InChI is InChI=1S/C31H62O5/c1-3-5-7-9-11-13-15-17-19-21-26-36-31(32)23-22-25-34-28-30-35-29-27-33-24-20-18-16-14-12-10-8-6-4-2/h3-30H2,1-2H3. The molecular formula is C31H62O5. The summed E-state index contributed by atoms with van der Waals surface area (Å²) in [6.45, 7) is 8.91. The van der Waals surface area contributed by atoms with Gasteiger partial charge in [0.05, 0.1) is 33.0 Å². The molecular weight excluding hydrogens is 452 g/mol. The van der Waals surface area contributed by atoms with Crippen LogP contribution in [0.2, 0.25) is 0 Å². The van der Waals surface area contributed by atoms with Crippen LogP contribution in [0.3, 0.4) is 0 Å². The molecule has 0 aliphatic heterocycles. The summed E-state index contributed by atoms with van der Waals surface area (Å²) in [5.74, 6) is -0.102. The average molecular weight is 515 g/mol. The zero-order valence-electron chi connectivity index (χ0n) is 24.3. The summed E-state index contributed by atoms with van der Waals surface area (Å²) in [6.07, 6.45) is 26.1. The molecule has 0 radical (unpaired) electrons. The Kier molecular flexibility index (Phi) is 31.8. The van der Waals surface area contributed by atoms with Gasteiger partial charge in [-0.05, 0) is 19.3 Å². The van der Waals surface area contributed by atoms with E-state index in [1.807, 2.05) is 0 Å². The molecule has 0 atom stereocenters. The first kappa shape index (κ1) is 35.4. The van der Waals surface area contributed by atoms with E-state index in [1.54, 1.807) is 0 Å². The molecule has 0 rings (SSSR count). The van der Waals surface area contributed by atoms with E-state index in [9.17, 15) is 4.79 Å². The van der Waals surface area contributed by atoms with Gasteiger partial charge >= 0.3 is 5.97 Å². The summed E-state index contributed by atoms with van der Waals surface area (Å²) in [5, 5.41) is 0. The molecule has 5 heteroatoms. The lowest BCUT2D eigenvalue weighted by atomic mass is 10.1. The van der Waals surface area contributed by atoms with Gasteiger partial charge in [0.1, 0.15) is 0 Å². The molecule has 0 aromatic carbocycles. The summed E-state index contributed by atoms with van der Waals surface area (Å²) in [5.41, 5.74) is 0. The van der Waals surface area contributed by atoms with Gasteiger partial charge in [-0.25, -0.2) is 0 Å². The van der Waals surface area contributed by atoms with Crippen LogP contribution in [0, 0.1) is 0 Å². The number of ether oxygens (including phenoxy) is 4. The first-order valence-corrected chi connectivity index (χ1v) is 15.7. The maximum Gasteiger partial charge on any atom is 0.305 e. The number of carbonyl (C=O) groups is 1. The molecule has 0 aliphatic rings. The quantitative estimate of drug-likeness (QED) is 0.0683. The van der Waals surface area contributed by atoms with Gasteiger partial charge in [0.2, 0.25) is 0 Å². The maximum absolute atomic E-state index is 11.8. The fraction of sp³-hybridized carbons (Fsp3) is 0.968. The normalized spacial score (nSPS) is 11.3. The summed E-state index contributed by atoms with van der Waals surface area (Å²) >= 11 is 0. The largest absolute Gasteiger partial charge is 0.466 e. The predicted octanol–water partition coefficient (Wildman–Crippen LogP) is 8.81. The number of hydrogen-bond acceptors (Lipinski definition) is 5. The van der Waals surface area contributed by atoms with Crippen LogP contribution >= 0.6 is 0 Å². The number of carbonyl (C=O) groups excluding carboxylic acids is 1. The van der Waals surface area contributed by atoms with E-state index in [4.69, 9.17) is 18.9 Å². The lowest BCUT2D eigenvalue weighted by Crippen LogP contribution is -2.11. The molecule has 0 bridgehead atoms. The van der Waals surface area contributed by atoms with Crippen LogP contribution in [0.25, 0.3) is 0 Å². The maximum atomic E-state index is 11.8. The molecule has 216 valence electrons. The summed E-state index contributed by atoms with van der Waals surface area (Å²) < 4.78 is 22.0. The van der Waals surface area contributed by atoms with Gasteiger partial charge < -0.3 is 18.9 Å². The van der Waals surface area contributed by atoms with Crippen molar-refractivity contribution in [3.8, 4) is 0 Å². The van der Waals surface area contributed by atoms with Crippen LogP contribution in [0.1, 0.15) is 149 Å². The topological polar surface area (TPSA) is 54.0 Å². The Balaban J connectivity index is 3.13. The Morgan fingerprint density at radius 1 is 0.389 bits per heavy atom. The molecule has 0 N–H and O–H groups in total. The second-order valence-corrected chi connectivity index (χ2v) is 10.2. The van der Waals surface area contributed by atoms with E-state index in [0.717, 1.165) is 25.9 Å². The molecule has 0 aromatic heterocycles. The number of unbranched alkanes of at least 4 members (excludes halogenated alkanes) is 17. The van der Waals surface area contributed by atoms with Gasteiger partial charge in [-0.1, -0.05) is 123 Å². The molecule has 0 saturated carbocycles. The van der Waals surface area contributed by atoms with Crippen molar-refractivity contribution in [2.75, 3.05) is 46.2 Å². The highest BCUT2D eigenvalue weighted by Gasteiger charge is 2.03. The second kappa shape index (κ2) is 32.4. The lowest BCUT2D eigenvalue weighted by Gasteiger charge is -2.07. The SMILES string of the molecule is CCCCCCCCCCCCOC(=O)CCCOCCOCCOCCCCCCCCCCC. The van der Waals surface area contributed by atoms with Crippen molar-refractivity contribution in [1.29, 1.82) is 0 Å². The van der Waals surface area contributed by atoms with Crippen molar-refractivity contribution in [2.24, 2.45) is 0 Å². The Bertz CT molecular complexity index is 416. The van der Waals surface area contributed by atoms with Crippen molar-refractivity contribution in [2.45, 2.75) is 149 Å². The summed E-state index contributed by atoms with van der Waals surface area (Å²) in [7, 11) is 0. The van der Waals surface area contributed by atoms with Gasteiger partial charge in [0, 0.05) is 19.6 Å². The zero-order chi connectivity index (χ0) is 26.2. The van der Waals surface area contributed by atoms with E-state index in [0.29, 0.717) is 52.5 Å². The molecule has 0 aromatic rings. The Hall–Kier alpha value is -0.650. The van der Waals surface area contributed by atoms with Gasteiger partial charge in [0.15, 0.2) is 0 Å². The van der Waals surface area contributed by atoms with Gasteiger partial charge in [-0.15, -0.1) is 0 Å². The molecule has 0 spiro atoms. The van der Waals surface area contributed by atoms with Crippen molar-refractivity contribution >= 4 is 5.97 Å². The van der Waals surface area contributed by atoms with Crippen LogP contribution in [0.5, 0.6) is 0 Å². The van der Waals surface area contributed by atoms with Crippen molar-refractivity contribution in [3.63, 3.8) is 0 Å². The average Bonchev–Trinajstić information content (AvgIpc) is 2.88. The Morgan fingerprint density at radius 2 is 0.722 bits per heavy atom. The van der Waals surface area contributed by atoms with Crippen LogP contribution < -0.4 is 0 Å². The monoisotopic (exact) mass is 514 g/mol. The molecule has 0 saturated heterocycles. The van der Waals surface area contributed by atoms with Crippen molar-refractivity contribution in [1.82, 2.24) is 0 Å². The summed E-state index contributed by atoms with van der Waals surface area (Å²) in [6, 6.07) is 0. The smallest absolute Gasteiger partial charge is 0.305 e. The Labute approximate surface area is 224 Å². The third kappa shape index (κ3) is 31.4. The van der Waals surface area contributed by atoms with E-state index in [2.05, 4.69) is 13.8 Å². The minimum atomic E-state index is -0.102. The third-order valence-electron chi connectivity index (χ3n) is 6.57. The fourth-order valence-electron chi connectivity index (χ4n) is 4.22. The van der Waals surface area contributed by atoms with Crippen LogP contribution in [-0.4, -0.2) is 52.2 Å². The fourth-order valence-corrected chi connectivity index (χ4v) is 4.22. The molecule has 36 heavy (non-hydrogen) atoms. The Morgan fingerprint density at radius 3 is 1.17 bits per heavy atom. The number of hydrogen-bond donors (Lipinski definition) is 0. The van der Waals surface area contributed by atoms with E-state index in [1.165, 1.54) is 103 Å². The van der Waals surface area contributed by atoms with Crippen LogP contribution in [0.4, 0.5) is 0 Å². The minimum Gasteiger partial charge on any atom is -0.466 e. The second-order valence-electron chi connectivity index (χ2n) is 10.2. The zero-order valence-corrected chi connectivity index (χ0v) is 24.3. The van der Waals surface area contributed by atoms with E-state index < -0.39 is 0 Å². The first-order valence-electron chi connectivity index (χ1n) is 15.7. The minimum absolute atomic E-state index is 0.102. The molecule has 0 fully saturated rings. The van der Waals surface area contributed by atoms with E-state index >= 15 is 0 Å².